The summed E-state index contributed by atoms with van der Waals surface area (Å²) in [5.74, 6) is 0. The Kier molecular flexibility index (Phi) is 4.18. The van der Waals surface area contributed by atoms with E-state index in [1.807, 2.05) is 0 Å². The summed E-state index contributed by atoms with van der Waals surface area (Å²) in [6, 6.07) is 0.161. The highest BCUT2D eigenvalue weighted by atomic mass is 16.6. The van der Waals surface area contributed by atoms with Crippen molar-refractivity contribution in [3.63, 3.8) is 0 Å². The summed E-state index contributed by atoms with van der Waals surface area (Å²) in [6.07, 6.45) is 0.0381. The van der Waals surface area contributed by atoms with Crippen molar-refractivity contribution in [2.45, 2.75) is 38.7 Å². The number of nitrogens with zero attached hydrogens (tertiary/aromatic N) is 2. The van der Waals surface area contributed by atoms with Crippen molar-refractivity contribution in [1.82, 2.24) is 9.55 Å². The van der Waals surface area contributed by atoms with Crippen LogP contribution in [0.1, 0.15) is 25.1 Å². The van der Waals surface area contributed by atoms with Crippen LogP contribution in [-0.2, 0) is 4.74 Å². The maximum atomic E-state index is 11.5. The van der Waals surface area contributed by atoms with E-state index < -0.39 is 18.4 Å². The fraction of sp³-hybridized carbons (Fsp3) is 0.667. The number of aliphatic hydroxyl groups is 2. The first-order valence-electron chi connectivity index (χ1n) is 6.23. The first kappa shape index (κ1) is 14.0. The van der Waals surface area contributed by atoms with Crippen LogP contribution in [0.3, 0.4) is 0 Å². The van der Waals surface area contributed by atoms with E-state index >= 15 is 0 Å². The van der Waals surface area contributed by atoms with E-state index in [0.717, 1.165) is 0 Å². The molecule has 106 valence electrons. The summed E-state index contributed by atoms with van der Waals surface area (Å²) < 4.78 is 12.4. The molecule has 1 aromatic rings. The van der Waals surface area contributed by atoms with Gasteiger partial charge in [-0.3, -0.25) is 9.36 Å². The molecule has 0 bridgehead atoms. The molecular weight excluding hydrogens is 252 g/mol. The number of hydrogen-bond donors (Lipinski definition) is 2. The molecule has 1 fully saturated rings. The Morgan fingerprint density at radius 3 is 2.95 bits per heavy atom. The molecule has 19 heavy (non-hydrogen) atoms. The van der Waals surface area contributed by atoms with Gasteiger partial charge in [-0.2, -0.15) is 4.98 Å². The SMILES string of the molecule is CCOc1nc(=O)c(C)cn1[C@@H]1C[C@H](O)[C@@H](CO)O1. The number of aromatic nitrogens is 2. The second-order valence-electron chi connectivity index (χ2n) is 4.47. The highest BCUT2D eigenvalue weighted by Crippen LogP contribution is 2.30. The molecule has 0 saturated carbocycles. The van der Waals surface area contributed by atoms with Gasteiger partial charge in [0.2, 0.25) is 0 Å². The summed E-state index contributed by atoms with van der Waals surface area (Å²) in [7, 11) is 0. The molecule has 0 spiro atoms. The van der Waals surface area contributed by atoms with Crippen LogP contribution in [0, 0.1) is 6.92 Å². The van der Waals surface area contributed by atoms with Crippen LogP contribution >= 0.6 is 0 Å². The number of rotatable bonds is 4. The van der Waals surface area contributed by atoms with Gasteiger partial charge in [-0.15, -0.1) is 0 Å². The van der Waals surface area contributed by atoms with E-state index in [9.17, 15) is 9.90 Å². The largest absolute Gasteiger partial charge is 0.465 e. The predicted octanol–water partition coefficient (Wildman–Crippen LogP) is -0.409. The summed E-state index contributed by atoms with van der Waals surface area (Å²) in [5, 5.41) is 18.8. The van der Waals surface area contributed by atoms with Crippen LogP contribution in [0.25, 0.3) is 0 Å². The summed E-state index contributed by atoms with van der Waals surface area (Å²) >= 11 is 0. The Hall–Kier alpha value is -1.44. The third-order valence-corrected chi connectivity index (χ3v) is 3.06. The fourth-order valence-electron chi connectivity index (χ4n) is 2.04. The molecule has 1 saturated heterocycles. The minimum Gasteiger partial charge on any atom is -0.465 e. The first-order valence-corrected chi connectivity index (χ1v) is 6.23. The number of hydrogen-bond acceptors (Lipinski definition) is 6. The molecule has 0 unspecified atom stereocenters. The van der Waals surface area contributed by atoms with Crippen molar-refractivity contribution in [3.8, 4) is 6.01 Å². The zero-order valence-electron chi connectivity index (χ0n) is 10.9. The smallest absolute Gasteiger partial charge is 0.301 e. The van der Waals surface area contributed by atoms with Crippen molar-refractivity contribution in [3.05, 3.63) is 22.1 Å². The lowest BCUT2D eigenvalue weighted by molar-refractivity contribution is -0.0473. The third-order valence-electron chi connectivity index (χ3n) is 3.06. The Labute approximate surface area is 110 Å². The summed E-state index contributed by atoms with van der Waals surface area (Å²) in [4.78, 5) is 15.4. The molecule has 1 aliphatic rings. The van der Waals surface area contributed by atoms with Crippen LogP contribution in [0.15, 0.2) is 11.0 Å². The van der Waals surface area contributed by atoms with Gasteiger partial charge in [0.1, 0.15) is 12.3 Å². The monoisotopic (exact) mass is 270 g/mol. The molecule has 1 aliphatic heterocycles. The molecule has 7 nitrogen and oxygen atoms in total. The van der Waals surface area contributed by atoms with Crippen molar-refractivity contribution >= 4 is 0 Å². The molecule has 7 heteroatoms. The molecule has 0 aromatic carbocycles. The van der Waals surface area contributed by atoms with E-state index in [2.05, 4.69) is 4.98 Å². The minimum atomic E-state index is -0.746. The molecule has 2 rings (SSSR count). The van der Waals surface area contributed by atoms with Crippen molar-refractivity contribution < 1.29 is 19.7 Å². The normalized spacial score (nSPS) is 26.6. The first-order chi connectivity index (χ1) is 9.06. The third kappa shape index (κ3) is 2.78. The van der Waals surface area contributed by atoms with Crippen LogP contribution in [0.2, 0.25) is 0 Å². The molecule has 2 heterocycles. The van der Waals surface area contributed by atoms with Gasteiger partial charge in [0.25, 0.3) is 5.56 Å². The van der Waals surface area contributed by atoms with E-state index in [1.54, 1.807) is 24.6 Å². The molecule has 3 atom stereocenters. The summed E-state index contributed by atoms with van der Waals surface area (Å²) in [5.41, 5.74) is 0.117. The average Bonchev–Trinajstić information content (AvgIpc) is 2.75. The maximum absolute atomic E-state index is 11.5. The fourth-order valence-corrected chi connectivity index (χ4v) is 2.04. The predicted molar refractivity (Wildman–Crippen MR) is 66.0 cm³/mol. The minimum absolute atomic E-state index is 0.161. The van der Waals surface area contributed by atoms with E-state index in [4.69, 9.17) is 14.6 Å². The molecule has 2 N–H and O–H groups in total. The number of aliphatic hydroxyl groups excluding tert-OH is 2. The number of aryl methyl sites for hydroxylation is 1. The van der Waals surface area contributed by atoms with Crippen LogP contribution < -0.4 is 10.3 Å². The molecular formula is C12H18N2O5. The molecule has 1 aromatic heterocycles. The molecule has 0 aliphatic carbocycles. The lowest BCUT2D eigenvalue weighted by Gasteiger charge is -2.19. The summed E-state index contributed by atoms with van der Waals surface area (Å²) in [6.45, 7) is 3.55. The second-order valence-corrected chi connectivity index (χ2v) is 4.47. The van der Waals surface area contributed by atoms with E-state index in [1.165, 1.54) is 0 Å². The zero-order valence-corrected chi connectivity index (χ0v) is 10.9. The van der Waals surface area contributed by atoms with Gasteiger partial charge in [-0.25, -0.2) is 0 Å². The van der Waals surface area contributed by atoms with Crippen LogP contribution in [-0.4, -0.2) is 45.2 Å². The highest BCUT2D eigenvalue weighted by Gasteiger charge is 2.35. The topological polar surface area (TPSA) is 93.8 Å². The zero-order chi connectivity index (χ0) is 14.0. The molecule has 0 radical (unpaired) electrons. The van der Waals surface area contributed by atoms with E-state index in [0.29, 0.717) is 18.6 Å². The quantitative estimate of drug-likeness (QED) is 0.772. The van der Waals surface area contributed by atoms with Crippen molar-refractivity contribution in [2.24, 2.45) is 0 Å². The van der Waals surface area contributed by atoms with Gasteiger partial charge in [-0.05, 0) is 13.8 Å². The van der Waals surface area contributed by atoms with Crippen molar-refractivity contribution in [1.29, 1.82) is 0 Å². The Morgan fingerprint density at radius 2 is 2.37 bits per heavy atom. The average molecular weight is 270 g/mol. The van der Waals surface area contributed by atoms with Gasteiger partial charge >= 0.3 is 6.01 Å². The highest BCUT2D eigenvalue weighted by molar-refractivity contribution is 5.10. The van der Waals surface area contributed by atoms with Gasteiger partial charge in [0.05, 0.1) is 19.3 Å². The van der Waals surface area contributed by atoms with Gasteiger partial charge in [0.15, 0.2) is 0 Å². The second kappa shape index (κ2) is 5.68. The van der Waals surface area contributed by atoms with Crippen LogP contribution in [0.5, 0.6) is 6.01 Å². The van der Waals surface area contributed by atoms with Gasteiger partial charge < -0.3 is 19.7 Å². The van der Waals surface area contributed by atoms with Gasteiger partial charge in [0, 0.05) is 18.2 Å². The lowest BCUT2D eigenvalue weighted by Crippen LogP contribution is -2.24. The Balaban J connectivity index is 2.33. The van der Waals surface area contributed by atoms with Gasteiger partial charge in [-0.1, -0.05) is 0 Å². The van der Waals surface area contributed by atoms with Crippen LogP contribution in [0.4, 0.5) is 0 Å². The van der Waals surface area contributed by atoms with E-state index in [-0.39, 0.29) is 18.2 Å². The molecule has 0 amide bonds. The number of ether oxygens (including phenoxy) is 2. The maximum Gasteiger partial charge on any atom is 0.301 e. The Morgan fingerprint density at radius 1 is 1.63 bits per heavy atom. The lowest BCUT2D eigenvalue weighted by atomic mass is 10.2. The Bertz CT molecular complexity index is 501. The standard InChI is InChI=1S/C12H18N2O5/c1-3-18-12-13-11(17)7(2)5-14(12)10-4-8(16)9(6-15)19-10/h5,8-10,15-16H,3-4,6H2,1-2H3/t8-,9+,10-/m0/s1. The van der Waals surface area contributed by atoms with Crippen molar-refractivity contribution in [2.75, 3.05) is 13.2 Å².